The number of halogens is 1. The largest absolute Gasteiger partial charge is 0.321 e. The van der Waals surface area contributed by atoms with Crippen LogP contribution in [0, 0.1) is 6.92 Å². The molecule has 0 unspecified atom stereocenters. The van der Waals surface area contributed by atoms with Gasteiger partial charge in [0.1, 0.15) is 5.69 Å². The minimum atomic E-state index is -0.268. The van der Waals surface area contributed by atoms with Crippen LogP contribution in [0.4, 0.5) is 5.69 Å². The zero-order chi connectivity index (χ0) is 14.5. The molecule has 2 aromatic rings. The van der Waals surface area contributed by atoms with Crippen LogP contribution in [0.3, 0.4) is 0 Å². The lowest BCUT2D eigenvalue weighted by Gasteiger charge is -2.07. The van der Waals surface area contributed by atoms with E-state index in [-0.39, 0.29) is 5.91 Å². The first kappa shape index (κ1) is 14.8. The smallest absolute Gasteiger partial charge is 0.274 e. The number of nitrogens with one attached hydrogen (secondary N) is 1. The van der Waals surface area contributed by atoms with E-state index in [1.54, 1.807) is 30.3 Å². The van der Waals surface area contributed by atoms with E-state index in [1.807, 2.05) is 13.8 Å². The van der Waals surface area contributed by atoms with Crippen molar-refractivity contribution in [1.29, 1.82) is 0 Å². The molecule has 104 valence electrons. The van der Waals surface area contributed by atoms with E-state index < -0.39 is 0 Å². The molecule has 0 aliphatic rings. The number of carbonyl (C=O) groups excluding carboxylic acids is 1. The molecular formula is C14H14ClN3OS. The van der Waals surface area contributed by atoms with Gasteiger partial charge in [-0.3, -0.25) is 4.79 Å². The summed E-state index contributed by atoms with van der Waals surface area (Å²) in [5, 5.41) is 3.96. The number of hydrogen-bond acceptors (Lipinski definition) is 4. The fourth-order valence-corrected chi connectivity index (χ4v) is 2.43. The molecule has 20 heavy (non-hydrogen) atoms. The van der Waals surface area contributed by atoms with E-state index >= 15 is 0 Å². The predicted molar refractivity (Wildman–Crippen MR) is 82.6 cm³/mol. The van der Waals surface area contributed by atoms with Crippen molar-refractivity contribution in [2.45, 2.75) is 19.0 Å². The summed E-state index contributed by atoms with van der Waals surface area (Å²) in [5.74, 6) is 0.592. The zero-order valence-electron chi connectivity index (χ0n) is 11.2. The van der Waals surface area contributed by atoms with Crippen molar-refractivity contribution in [2.75, 3.05) is 11.1 Å². The Morgan fingerprint density at radius 3 is 2.85 bits per heavy atom. The second-order valence-corrected chi connectivity index (χ2v) is 5.74. The van der Waals surface area contributed by atoms with Gasteiger partial charge < -0.3 is 5.32 Å². The van der Waals surface area contributed by atoms with Crippen LogP contribution in [0.15, 0.2) is 35.5 Å². The number of thioether (sulfide) groups is 1. The van der Waals surface area contributed by atoms with Gasteiger partial charge in [0.2, 0.25) is 0 Å². The van der Waals surface area contributed by atoms with Gasteiger partial charge in [0.25, 0.3) is 5.91 Å². The number of rotatable bonds is 4. The molecule has 0 saturated heterocycles. The van der Waals surface area contributed by atoms with Gasteiger partial charge in [0.15, 0.2) is 5.16 Å². The number of hydrogen-bond donors (Lipinski definition) is 1. The highest BCUT2D eigenvalue weighted by Gasteiger charge is 2.11. The Morgan fingerprint density at radius 2 is 2.15 bits per heavy atom. The molecule has 1 aromatic carbocycles. The van der Waals surface area contributed by atoms with Crippen LogP contribution in [-0.2, 0) is 0 Å². The number of aromatic nitrogens is 2. The van der Waals surface area contributed by atoms with Crippen molar-refractivity contribution in [3.8, 4) is 0 Å². The van der Waals surface area contributed by atoms with Crippen LogP contribution < -0.4 is 5.32 Å². The molecule has 1 heterocycles. The molecule has 1 N–H and O–H groups in total. The molecular weight excluding hydrogens is 294 g/mol. The summed E-state index contributed by atoms with van der Waals surface area (Å²) in [6.07, 6.45) is 0. The molecule has 0 aliphatic heterocycles. The van der Waals surface area contributed by atoms with Gasteiger partial charge >= 0.3 is 0 Å². The maximum Gasteiger partial charge on any atom is 0.274 e. The summed E-state index contributed by atoms with van der Waals surface area (Å²) in [5.41, 5.74) is 1.77. The predicted octanol–water partition coefficient (Wildman–Crippen LogP) is 3.80. The second kappa shape index (κ2) is 6.72. The third-order valence-corrected chi connectivity index (χ3v) is 3.39. The molecule has 4 nitrogen and oxygen atoms in total. The number of nitrogens with zero attached hydrogens (tertiary/aromatic N) is 2. The summed E-state index contributed by atoms with van der Waals surface area (Å²) in [6.45, 7) is 3.86. The van der Waals surface area contributed by atoms with Crippen LogP contribution in [0.2, 0.25) is 5.02 Å². The lowest BCUT2D eigenvalue weighted by molar-refractivity contribution is 0.102. The molecule has 1 aromatic heterocycles. The fraction of sp³-hybridized carbons (Fsp3) is 0.214. The first-order chi connectivity index (χ1) is 9.58. The summed E-state index contributed by atoms with van der Waals surface area (Å²) in [6, 6.07) is 8.66. The topological polar surface area (TPSA) is 54.9 Å². The Labute approximate surface area is 127 Å². The highest BCUT2D eigenvalue weighted by atomic mass is 35.5. The Balaban J connectivity index is 2.20. The van der Waals surface area contributed by atoms with Gasteiger partial charge in [-0.15, -0.1) is 0 Å². The number of anilines is 1. The first-order valence-corrected chi connectivity index (χ1v) is 7.50. The van der Waals surface area contributed by atoms with Gasteiger partial charge in [0.05, 0.1) is 0 Å². The lowest BCUT2D eigenvalue weighted by Crippen LogP contribution is -2.15. The van der Waals surface area contributed by atoms with Gasteiger partial charge in [-0.05, 0) is 36.9 Å². The van der Waals surface area contributed by atoms with Crippen molar-refractivity contribution in [1.82, 2.24) is 9.97 Å². The average molecular weight is 308 g/mol. The second-order valence-electron chi connectivity index (χ2n) is 4.07. The summed E-state index contributed by atoms with van der Waals surface area (Å²) < 4.78 is 0. The zero-order valence-corrected chi connectivity index (χ0v) is 12.8. The van der Waals surface area contributed by atoms with Crippen LogP contribution in [0.1, 0.15) is 23.1 Å². The van der Waals surface area contributed by atoms with E-state index in [0.29, 0.717) is 21.6 Å². The van der Waals surface area contributed by atoms with E-state index in [4.69, 9.17) is 11.6 Å². The maximum absolute atomic E-state index is 12.2. The molecule has 0 saturated carbocycles. The minimum absolute atomic E-state index is 0.268. The highest BCUT2D eigenvalue weighted by Crippen LogP contribution is 2.17. The minimum Gasteiger partial charge on any atom is -0.321 e. The van der Waals surface area contributed by atoms with Gasteiger partial charge in [-0.25, -0.2) is 9.97 Å². The molecule has 0 bridgehead atoms. The quantitative estimate of drug-likeness (QED) is 0.689. The van der Waals surface area contributed by atoms with Crippen LogP contribution >= 0.6 is 23.4 Å². The van der Waals surface area contributed by atoms with Crippen LogP contribution in [0.5, 0.6) is 0 Å². The normalized spacial score (nSPS) is 10.3. The van der Waals surface area contributed by atoms with Crippen molar-refractivity contribution in [3.05, 3.63) is 46.7 Å². The molecule has 0 fully saturated rings. The van der Waals surface area contributed by atoms with Crippen molar-refractivity contribution >= 4 is 35.0 Å². The van der Waals surface area contributed by atoms with Crippen LogP contribution in [-0.4, -0.2) is 21.6 Å². The van der Waals surface area contributed by atoms with E-state index in [2.05, 4.69) is 15.3 Å². The Morgan fingerprint density at radius 1 is 1.35 bits per heavy atom. The van der Waals surface area contributed by atoms with Crippen molar-refractivity contribution in [3.63, 3.8) is 0 Å². The van der Waals surface area contributed by atoms with Gasteiger partial charge in [-0.1, -0.05) is 36.4 Å². The standard InChI is InChI=1S/C14H14ClN3OS/c1-3-20-14-16-9(2)7-12(18-14)13(19)17-11-6-4-5-10(15)8-11/h4-8H,3H2,1-2H3,(H,17,19). The Hall–Kier alpha value is -1.59. The number of benzene rings is 1. The Bertz CT molecular complexity index is 634. The van der Waals surface area contributed by atoms with E-state index in [1.165, 1.54) is 11.8 Å². The van der Waals surface area contributed by atoms with Crippen molar-refractivity contribution in [2.24, 2.45) is 0 Å². The molecule has 2 rings (SSSR count). The molecule has 0 spiro atoms. The maximum atomic E-state index is 12.2. The summed E-state index contributed by atoms with van der Waals surface area (Å²) in [4.78, 5) is 20.7. The summed E-state index contributed by atoms with van der Waals surface area (Å²) >= 11 is 7.39. The SMILES string of the molecule is CCSc1nc(C)cc(C(=O)Nc2cccc(Cl)c2)n1. The van der Waals surface area contributed by atoms with Gasteiger partial charge in [0, 0.05) is 16.4 Å². The first-order valence-electron chi connectivity index (χ1n) is 6.14. The third kappa shape index (κ3) is 3.95. The number of carbonyl (C=O) groups is 1. The number of amides is 1. The monoisotopic (exact) mass is 307 g/mol. The van der Waals surface area contributed by atoms with Crippen molar-refractivity contribution < 1.29 is 4.79 Å². The average Bonchev–Trinajstić information content (AvgIpc) is 2.38. The number of aryl methyl sites for hydroxylation is 1. The highest BCUT2D eigenvalue weighted by molar-refractivity contribution is 7.99. The molecule has 0 radical (unpaired) electrons. The van der Waals surface area contributed by atoms with Crippen LogP contribution in [0.25, 0.3) is 0 Å². The molecule has 1 amide bonds. The van der Waals surface area contributed by atoms with E-state index in [9.17, 15) is 4.79 Å². The fourth-order valence-electron chi connectivity index (χ4n) is 1.61. The summed E-state index contributed by atoms with van der Waals surface area (Å²) in [7, 11) is 0. The Kier molecular flexibility index (Phi) is 4.98. The van der Waals surface area contributed by atoms with E-state index in [0.717, 1.165) is 11.4 Å². The third-order valence-electron chi connectivity index (χ3n) is 2.42. The molecule has 0 aliphatic carbocycles. The molecule has 6 heteroatoms. The lowest BCUT2D eigenvalue weighted by atomic mass is 10.3. The van der Waals surface area contributed by atoms with Gasteiger partial charge in [-0.2, -0.15) is 0 Å². The molecule has 0 atom stereocenters.